The monoisotopic (exact) mass is 348 g/mol. The van der Waals surface area contributed by atoms with Crippen LogP contribution in [0, 0.1) is 0 Å². The van der Waals surface area contributed by atoms with Gasteiger partial charge >= 0.3 is 0 Å². The van der Waals surface area contributed by atoms with Crippen molar-refractivity contribution in [1.82, 2.24) is 10.5 Å². The van der Waals surface area contributed by atoms with Gasteiger partial charge in [0.1, 0.15) is 19.0 Å². The Kier molecular flexibility index (Phi) is 4.06. The number of carbonyl (C=O) groups is 1. The summed E-state index contributed by atoms with van der Waals surface area (Å²) in [4.78, 5) is 12.1. The Morgan fingerprint density at radius 1 is 1.25 bits per heavy atom. The Bertz CT molecular complexity index is 770. The third-order valence-electron chi connectivity index (χ3n) is 4.10. The third-order valence-corrected chi connectivity index (χ3v) is 4.38. The molecule has 7 heteroatoms. The van der Waals surface area contributed by atoms with Crippen LogP contribution in [0.25, 0.3) is 0 Å². The van der Waals surface area contributed by atoms with E-state index in [9.17, 15) is 4.79 Å². The number of ether oxygens (including phenoxy) is 2. The fourth-order valence-electron chi connectivity index (χ4n) is 2.68. The van der Waals surface area contributed by atoms with Gasteiger partial charge in [-0.05, 0) is 37.0 Å². The van der Waals surface area contributed by atoms with Crippen LogP contribution in [-0.2, 0) is 6.42 Å². The molecule has 1 aliphatic carbocycles. The van der Waals surface area contributed by atoms with Crippen molar-refractivity contribution in [1.29, 1.82) is 0 Å². The van der Waals surface area contributed by atoms with E-state index in [2.05, 4.69) is 10.5 Å². The Balaban J connectivity index is 1.34. The first kappa shape index (κ1) is 15.3. The van der Waals surface area contributed by atoms with E-state index in [1.165, 1.54) is 0 Å². The molecule has 1 N–H and O–H groups in total. The standard InChI is InChI=1S/C17H17ClN2O4/c18-12-7-10(8-15-16(12)23-6-5-22-15)3-4-19-17(21)13-9-14(24-20-13)11-1-2-11/h7-9,11H,1-6H2,(H,19,21). The van der Waals surface area contributed by atoms with Crippen LogP contribution in [-0.4, -0.2) is 30.8 Å². The van der Waals surface area contributed by atoms with Crippen LogP contribution in [0.5, 0.6) is 11.5 Å². The van der Waals surface area contributed by atoms with E-state index < -0.39 is 0 Å². The summed E-state index contributed by atoms with van der Waals surface area (Å²) in [6, 6.07) is 5.46. The lowest BCUT2D eigenvalue weighted by Crippen LogP contribution is -2.26. The SMILES string of the molecule is O=C(NCCc1cc(Cl)c2c(c1)OCCO2)c1cc(C2CC2)on1. The van der Waals surface area contributed by atoms with Crippen molar-refractivity contribution in [3.63, 3.8) is 0 Å². The Labute approximate surface area is 144 Å². The van der Waals surface area contributed by atoms with Crippen molar-refractivity contribution in [2.24, 2.45) is 0 Å². The number of carbonyl (C=O) groups excluding carboxylic acids is 1. The molecule has 0 bridgehead atoms. The van der Waals surface area contributed by atoms with Crippen molar-refractivity contribution >= 4 is 17.5 Å². The second kappa shape index (κ2) is 6.36. The zero-order chi connectivity index (χ0) is 16.5. The van der Waals surface area contributed by atoms with E-state index in [1.807, 2.05) is 12.1 Å². The van der Waals surface area contributed by atoms with Gasteiger partial charge in [0.05, 0.1) is 5.02 Å². The number of rotatable bonds is 5. The highest BCUT2D eigenvalue weighted by Crippen LogP contribution is 2.40. The highest BCUT2D eigenvalue weighted by molar-refractivity contribution is 6.32. The van der Waals surface area contributed by atoms with E-state index in [4.69, 9.17) is 25.6 Å². The number of nitrogens with one attached hydrogen (secondary N) is 1. The maximum atomic E-state index is 12.1. The van der Waals surface area contributed by atoms with Crippen LogP contribution in [0.15, 0.2) is 22.7 Å². The first-order valence-electron chi connectivity index (χ1n) is 8.03. The number of hydrogen-bond acceptors (Lipinski definition) is 5. The molecule has 0 radical (unpaired) electrons. The molecule has 126 valence electrons. The molecule has 2 heterocycles. The summed E-state index contributed by atoms with van der Waals surface area (Å²) in [6.07, 6.45) is 2.86. The largest absolute Gasteiger partial charge is 0.486 e. The lowest BCUT2D eigenvalue weighted by atomic mass is 10.1. The predicted octanol–water partition coefficient (Wildman–Crippen LogP) is 2.95. The van der Waals surface area contributed by atoms with E-state index in [1.54, 1.807) is 6.07 Å². The van der Waals surface area contributed by atoms with Crippen molar-refractivity contribution in [3.05, 3.63) is 40.2 Å². The van der Waals surface area contributed by atoms with E-state index in [0.29, 0.717) is 54.3 Å². The smallest absolute Gasteiger partial charge is 0.273 e. The molecule has 2 aromatic rings. The number of aromatic nitrogens is 1. The average molecular weight is 349 g/mol. The van der Waals surface area contributed by atoms with Crippen LogP contribution in [0.4, 0.5) is 0 Å². The molecule has 4 rings (SSSR count). The maximum Gasteiger partial charge on any atom is 0.273 e. The number of hydrogen-bond donors (Lipinski definition) is 1. The van der Waals surface area contributed by atoms with Gasteiger partial charge in [0.25, 0.3) is 5.91 Å². The molecule has 2 aliphatic rings. The van der Waals surface area contributed by atoms with Gasteiger partial charge in [-0.2, -0.15) is 0 Å². The summed E-state index contributed by atoms with van der Waals surface area (Å²) in [7, 11) is 0. The van der Waals surface area contributed by atoms with Crippen molar-refractivity contribution in [2.45, 2.75) is 25.2 Å². The molecule has 1 amide bonds. The van der Waals surface area contributed by atoms with Crippen LogP contribution in [0.3, 0.4) is 0 Å². The van der Waals surface area contributed by atoms with Gasteiger partial charge in [-0.3, -0.25) is 4.79 Å². The zero-order valence-corrected chi connectivity index (χ0v) is 13.8. The fraction of sp³-hybridized carbons (Fsp3) is 0.412. The van der Waals surface area contributed by atoms with Gasteiger partial charge in [0.2, 0.25) is 0 Å². The van der Waals surface area contributed by atoms with E-state index in [-0.39, 0.29) is 5.91 Å². The van der Waals surface area contributed by atoms with Crippen LogP contribution in [0.1, 0.15) is 40.6 Å². The first-order valence-corrected chi connectivity index (χ1v) is 8.41. The lowest BCUT2D eigenvalue weighted by molar-refractivity contribution is 0.0945. The highest BCUT2D eigenvalue weighted by Gasteiger charge is 2.28. The zero-order valence-electron chi connectivity index (χ0n) is 13.0. The van der Waals surface area contributed by atoms with E-state index >= 15 is 0 Å². The maximum absolute atomic E-state index is 12.1. The van der Waals surface area contributed by atoms with Gasteiger partial charge in [-0.15, -0.1) is 0 Å². The molecule has 0 unspecified atom stereocenters. The molecule has 1 aromatic carbocycles. The quantitative estimate of drug-likeness (QED) is 0.899. The Morgan fingerprint density at radius 2 is 2.08 bits per heavy atom. The van der Waals surface area contributed by atoms with Crippen LogP contribution >= 0.6 is 11.6 Å². The van der Waals surface area contributed by atoms with Crippen molar-refractivity contribution in [2.75, 3.05) is 19.8 Å². The molecule has 24 heavy (non-hydrogen) atoms. The number of amides is 1. The number of nitrogens with zero attached hydrogens (tertiary/aromatic N) is 1. The number of halogens is 1. The van der Waals surface area contributed by atoms with Crippen LogP contribution < -0.4 is 14.8 Å². The molecule has 1 aliphatic heterocycles. The van der Waals surface area contributed by atoms with Gasteiger partial charge in [-0.1, -0.05) is 16.8 Å². The molecule has 0 atom stereocenters. The minimum Gasteiger partial charge on any atom is -0.486 e. The second-order valence-corrected chi connectivity index (χ2v) is 6.40. The van der Waals surface area contributed by atoms with Gasteiger partial charge < -0.3 is 19.3 Å². The minimum absolute atomic E-state index is 0.228. The molecule has 1 saturated carbocycles. The topological polar surface area (TPSA) is 73.6 Å². The molecular weight excluding hydrogens is 332 g/mol. The molecule has 1 fully saturated rings. The second-order valence-electron chi connectivity index (χ2n) is 6.00. The average Bonchev–Trinajstić information content (AvgIpc) is 3.32. The van der Waals surface area contributed by atoms with Crippen LogP contribution in [0.2, 0.25) is 5.02 Å². The Morgan fingerprint density at radius 3 is 2.92 bits per heavy atom. The molecule has 0 saturated heterocycles. The van der Waals surface area contributed by atoms with Gasteiger partial charge in [0.15, 0.2) is 17.2 Å². The highest BCUT2D eigenvalue weighted by atomic mass is 35.5. The summed E-state index contributed by atoms with van der Waals surface area (Å²) >= 11 is 6.21. The predicted molar refractivity (Wildman–Crippen MR) is 87.0 cm³/mol. The summed E-state index contributed by atoms with van der Waals surface area (Å²) in [6.45, 7) is 1.49. The molecule has 1 aromatic heterocycles. The van der Waals surface area contributed by atoms with Gasteiger partial charge in [0, 0.05) is 18.5 Å². The molecule has 6 nitrogen and oxygen atoms in total. The molecule has 0 spiro atoms. The summed E-state index contributed by atoms with van der Waals surface area (Å²) in [5.41, 5.74) is 1.31. The Hall–Kier alpha value is -2.21. The number of benzene rings is 1. The lowest BCUT2D eigenvalue weighted by Gasteiger charge is -2.20. The minimum atomic E-state index is -0.228. The molecular formula is C17H17ClN2O4. The summed E-state index contributed by atoms with van der Waals surface area (Å²) in [5, 5.41) is 7.20. The summed E-state index contributed by atoms with van der Waals surface area (Å²) < 4.78 is 16.2. The van der Waals surface area contributed by atoms with Crippen molar-refractivity contribution < 1.29 is 18.8 Å². The van der Waals surface area contributed by atoms with Gasteiger partial charge in [-0.25, -0.2) is 0 Å². The van der Waals surface area contributed by atoms with E-state index in [0.717, 1.165) is 24.2 Å². The number of fused-ring (bicyclic) bond motifs is 1. The normalized spacial score (nSPS) is 16.0. The first-order chi connectivity index (χ1) is 11.7. The summed E-state index contributed by atoms with van der Waals surface area (Å²) in [5.74, 6) is 2.26. The fourth-order valence-corrected chi connectivity index (χ4v) is 2.96. The third kappa shape index (κ3) is 3.19. The van der Waals surface area contributed by atoms with Crippen molar-refractivity contribution in [3.8, 4) is 11.5 Å².